The van der Waals surface area contributed by atoms with Gasteiger partial charge in [-0.2, -0.15) is 0 Å². The molecule has 3 aromatic rings. The van der Waals surface area contributed by atoms with Crippen molar-refractivity contribution >= 4 is 28.8 Å². The Balaban J connectivity index is 1.65. The van der Waals surface area contributed by atoms with Gasteiger partial charge in [-0.05, 0) is 73.7 Å². The van der Waals surface area contributed by atoms with Gasteiger partial charge >= 0.3 is 0 Å². The largest absolute Gasteiger partial charge is 0.508 e. The number of ketones is 1. The van der Waals surface area contributed by atoms with E-state index >= 15 is 0 Å². The van der Waals surface area contributed by atoms with E-state index < -0.39 is 6.04 Å². The Labute approximate surface area is 218 Å². The molecule has 6 heteroatoms. The van der Waals surface area contributed by atoms with Crippen molar-refractivity contribution in [3.63, 3.8) is 0 Å². The zero-order chi connectivity index (χ0) is 26.1. The Morgan fingerprint density at radius 3 is 2.24 bits per heavy atom. The number of allylic oxidation sites excluding steroid dienone is 1. The number of hydrogen-bond acceptors (Lipinski definition) is 5. The number of carbonyl (C=O) groups is 2. The Bertz CT molecular complexity index is 1340. The van der Waals surface area contributed by atoms with Gasteiger partial charge in [0.2, 0.25) is 5.91 Å². The molecule has 0 fully saturated rings. The molecule has 1 aliphatic heterocycles. The lowest BCUT2D eigenvalue weighted by Crippen LogP contribution is -2.37. The predicted octanol–water partition coefficient (Wildman–Crippen LogP) is 6.16. The number of para-hydroxylation sites is 2. The molecule has 1 amide bonds. The van der Waals surface area contributed by atoms with Crippen molar-refractivity contribution in [2.24, 2.45) is 0 Å². The van der Waals surface area contributed by atoms with Crippen LogP contribution in [-0.2, 0) is 9.59 Å². The second-order valence-corrected chi connectivity index (χ2v) is 9.71. The quantitative estimate of drug-likeness (QED) is 0.444. The molecule has 1 aliphatic carbocycles. The average molecular weight is 496 g/mol. The maximum absolute atomic E-state index is 13.9. The van der Waals surface area contributed by atoms with Crippen LogP contribution in [0.2, 0.25) is 0 Å². The van der Waals surface area contributed by atoms with Gasteiger partial charge < -0.3 is 15.3 Å². The summed E-state index contributed by atoms with van der Waals surface area (Å²) in [5.74, 6) is 0.108. The summed E-state index contributed by atoms with van der Waals surface area (Å²) in [6.07, 6.45) is 0.987. The minimum Gasteiger partial charge on any atom is -0.508 e. The molecule has 37 heavy (non-hydrogen) atoms. The number of rotatable bonds is 5. The number of hydrogen-bond donors (Lipinski definition) is 2. The van der Waals surface area contributed by atoms with Crippen molar-refractivity contribution in [1.29, 1.82) is 0 Å². The normalized spacial score (nSPS) is 19.0. The summed E-state index contributed by atoms with van der Waals surface area (Å²) in [6, 6.07) is 22.6. The molecule has 1 heterocycles. The first-order chi connectivity index (χ1) is 17.9. The molecule has 0 spiro atoms. The number of aromatic hydroxyl groups is 1. The van der Waals surface area contributed by atoms with E-state index in [4.69, 9.17) is 0 Å². The smallest absolute Gasteiger partial charge is 0.224 e. The van der Waals surface area contributed by atoms with Crippen LogP contribution in [-0.4, -0.2) is 29.9 Å². The van der Waals surface area contributed by atoms with Crippen LogP contribution in [0.25, 0.3) is 0 Å². The highest BCUT2D eigenvalue weighted by atomic mass is 16.3. The van der Waals surface area contributed by atoms with E-state index in [0.717, 1.165) is 47.0 Å². The fraction of sp³-hybridized carbons (Fsp3) is 0.290. The van der Waals surface area contributed by atoms with E-state index in [0.29, 0.717) is 18.4 Å². The summed E-state index contributed by atoms with van der Waals surface area (Å²) in [4.78, 5) is 31.1. The maximum atomic E-state index is 13.9. The van der Waals surface area contributed by atoms with Crippen molar-refractivity contribution < 1.29 is 14.7 Å². The summed E-state index contributed by atoms with van der Waals surface area (Å²) >= 11 is 0. The molecule has 2 aliphatic rings. The number of benzene rings is 3. The van der Waals surface area contributed by atoms with Gasteiger partial charge in [-0.15, -0.1) is 0 Å². The van der Waals surface area contributed by atoms with Gasteiger partial charge in [-0.1, -0.05) is 36.4 Å². The lowest BCUT2D eigenvalue weighted by molar-refractivity contribution is -0.117. The highest BCUT2D eigenvalue weighted by Crippen LogP contribution is 2.47. The molecule has 0 saturated carbocycles. The minimum absolute atomic E-state index is 0.0129. The predicted molar refractivity (Wildman–Crippen MR) is 148 cm³/mol. The molecule has 5 rings (SSSR count). The fourth-order valence-corrected chi connectivity index (χ4v) is 5.69. The number of amides is 1. The van der Waals surface area contributed by atoms with Gasteiger partial charge in [0.25, 0.3) is 0 Å². The van der Waals surface area contributed by atoms with Gasteiger partial charge in [-0.3, -0.25) is 14.5 Å². The Hall–Kier alpha value is -4.06. The van der Waals surface area contributed by atoms with Crippen molar-refractivity contribution in [1.82, 2.24) is 0 Å². The van der Waals surface area contributed by atoms with Crippen LogP contribution < -0.4 is 15.1 Å². The molecule has 190 valence electrons. The number of phenols is 1. The highest BCUT2D eigenvalue weighted by Gasteiger charge is 2.40. The lowest BCUT2D eigenvalue weighted by Gasteiger charge is -2.35. The lowest BCUT2D eigenvalue weighted by atomic mass is 9.78. The highest BCUT2D eigenvalue weighted by molar-refractivity contribution is 6.06. The molecule has 0 saturated heterocycles. The first-order valence-corrected chi connectivity index (χ1v) is 13.0. The molecule has 2 atom stereocenters. The van der Waals surface area contributed by atoms with Crippen LogP contribution >= 0.6 is 0 Å². The van der Waals surface area contributed by atoms with Crippen molar-refractivity contribution in [2.45, 2.75) is 45.6 Å². The second-order valence-electron chi connectivity index (χ2n) is 9.71. The van der Waals surface area contributed by atoms with Gasteiger partial charge in [0, 0.05) is 43.4 Å². The third kappa shape index (κ3) is 4.59. The molecular weight excluding hydrogens is 462 g/mol. The summed E-state index contributed by atoms with van der Waals surface area (Å²) < 4.78 is 0. The second kappa shape index (κ2) is 10.1. The summed E-state index contributed by atoms with van der Waals surface area (Å²) in [5, 5.41) is 13.3. The van der Waals surface area contributed by atoms with Crippen LogP contribution in [0.15, 0.2) is 84.1 Å². The minimum atomic E-state index is -0.525. The van der Waals surface area contributed by atoms with Crippen LogP contribution in [0.4, 0.5) is 17.1 Å². The van der Waals surface area contributed by atoms with E-state index in [1.54, 1.807) is 24.0 Å². The monoisotopic (exact) mass is 495 g/mol. The van der Waals surface area contributed by atoms with Crippen molar-refractivity contribution in [3.8, 4) is 5.75 Å². The molecular formula is C31H33N3O3. The van der Waals surface area contributed by atoms with Gasteiger partial charge in [-0.25, -0.2) is 0 Å². The zero-order valence-corrected chi connectivity index (χ0v) is 21.6. The molecule has 0 bridgehead atoms. The van der Waals surface area contributed by atoms with E-state index in [1.165, 1.54) is 0 Å². The van der Waals surface area contributed by atoms with Gasteiger partial charge in [0.15, 0.2) is 5.78 Å². The summed E-state index contributed by atoms with van der Waals surface area (Å²) in [6.45, 7) is 7.63. The number of anilines is 3. The Morgan fingerprint density at radius 2 is 1.59 bits per heavy atom. The number of nitrogens with one attached hydrogen (secondary N) is 1. The van der Waals surface area contributed by atoms with Crippen molar-refractivity contribution in [3.05, 3.63) is 95.2 Å². The fourth-order valence-electron chi connectivity index (χ4n) is 5.69. The first-order valence-electron chi connectivity index (χ1n) is 13.0. The van der Waals surface area contributed by atoms with Crippen LogP contribution in [0, 0.1) is 0 Å². The van der Waals surface area contributed by atoms with Gasteiger partial charge in [0.1, 0.15) is 5.75 Å². The number of Topliss-reactive ketones (excluding diaryl/α,β-unsaturated/α-hetero) is 1. The molecule has 0 radical (unpaired) electrons. The molecule has 0 aromatic heterocycles. The van der Waals surface area contributed by atoms with E-state index in [-0.39, 0.29) is 23.4 Å². The Morgan fingerprint density at radius 1 is 0.946 bits per heavy atom. The number of phenolic OH excluding ortho intramolecular Hbond substituents is 1. The number of carbonyl (C=O) groups excluding carboxylic acids is 2. The average Bonchev–Trinajstić information content (AvgIpc) is 3.05. The summed E-state index contributed by atoms with van der Waals surface area (Å²) in [7, 11) is 0. The van der Waals surface area contributed by atoms with Crippen LogP contribution in [0.5, 0.6) is 5.75 Å². The molecule has 2 N–H and O–H groups in total. The maximum Gasteiger partial charge on any atom is 0.224 e. The topological polar surface area (TPSA) is 72.9 Å². The molecule has 2 unspecified atom stereocenters. The number of fused-ring (bicyclic) bond motifs is 1. The third-order valence-electron chi connectivity index (χ3n) is 7.53. The van der Waals surface area contributed by atoms with Crippen LogP contribution in [0.1, 0.15) is 56.7 Å². The first kappa shape index (κ1) is 24.6. The standard InChI is InChI=1S/C31H33N3O3/c1-4-33(5-2)24-14-10-22(11-15-24)31-30-27(32-26-8-6-7-9-28(26)34(31)20(3)35)18-23(19-29(30)37)21-12-16-25(36)17-13-21/h6-17,23,31-32,36H,4-5,18-19H2,1-3H3. The van der Waals surface area contributed by atoms with Gasteiger partial charge in [0.05, 0.1) is 17.4 Å². The zero-order valence-electron chi connectivity index (χ0n) is 21.6. The van der Waals surface area contributed by atoms with Crippen molar-refractivity contribution in [2.75, 3.05) is 28.2 Å². The summed E-state index contributed by atoms with van der Waals surface area (Å²) in [5.41, 5.74) is 6.11. The van der Waals surface area contributed by atoms with E-state index in [1.807, 2.05) is 48.5 Å². The SMILES string of the molecule is CCN(CC)c1ccc(C2C3=C(CC(c4ccc(O)cc4)CC3=O)Nc3ccccc3N2C(C)=O)cc1. The third-order valence-corrected chi connectivity index (χ3v) is 7.53. The van der Waals surface area contributed by atoms with Crippen LogP contribution in [0.3, 0.4) is 0 Å². The molecule has 6 nitrogen and oxygen atoms in total. The Kier molecular flexibility index (Phi) is 6.74. The van der Waals surface area contributed by atoms with E-state index in [2.05, 4.69) is 36.2 Å². The van der Waals surface area contributed by atoms with E-state index in [9.17, 15) is 14.7 Å². The number of nitrogens with zero attached hydrogens (tertiary/aromatic N) is 2. The molecule has 3 aromatic carbocycles.